The fourth-order valence-corrected chi connectivity index (χ4v) is 9.63. The number of hydrogen-bond acceptors (Lipinski definition) is 25. The molecule has 115 heavy (non-hydrogen) atoms. The van der Waals surface area contributed by atoms with Gasteiger partial charge in [0.25, 0.3) is 10.2 Å². The number of nitrogens with zero attached hydrogens (tertiary/aromatic N) is 3. The fourth-order valence-electron chi connectivity index (χ4n) is 8.64. The van der Waals surface area contributed by atoms with Crippen molar-refractivity contribution < 1.29 is 124 Å². The number of benzene rings is 8. The summed E-state index contributed by atoms with van der Waals surface area (Å²) in [5, 5.41) is 48.3. The number of aliphatic hydroxyl groups excluding tert-OH is 1. The number of carboxylic acids is 1. The molecular formula is C80H82AgBr2Cl4N3O25-. The first-order valence-corrected chi connectivity index (χ1v) is 37.9. The number of ether oxygens (including phenoxy) is 7. The summed E-state index contributed by atoms with van der Waals surface area (Å²) in [6.07, 6.45) is 1.97. The molecule has 0 spiro atoms. The first-order valence-electron chi connectivity index (χ1n) is 34.2. The van der Waals surface area contributed by atoms with Crippen LogP contribution in [0.5, 0.6) is 23.0 Å². The van der Waals surface area contributed by atoms with Gasteiger partial charge in [0, 0.05) is 117 Å². The fraction of sp³-hybridized carbons (Fsp3) is 0.300. The molecule has 0 aliphatic heterocycles. The molecule has 621 valence electrons. The van der Waals surface area contributed by atoms with Crippen molar-refractivity contribution in [2.75, 3.05) is 50.3 Å². The van der Waals surface area contributed by atoms with Crippen LogP contribution in [0.4, 0.5) is 0 Å². The molecule has 28 nitrogen and oxygen atoms in total. The van der Waals surface area contributed by atoms with Crippen LogP contribution in [0.1, 0.15) is 145 Å². The topological polar surface area (TPSA) is 399 Å². The minimum Gasteiger partial charge on any atom is -0.478 e. The molecule has 0 bridgehead atoms. The zero-order valence-electron chi connectivity index (χ0n) is 63.2. The van der Waals surface area contributed by atoms with E-state index in [9.17, 15) is 58.6 Å². The maximum atomic E-state index is 12.5. The van der Waals surface area contributed by atoms with E-state index in [1.807, 2.05) is 0 Å². The number of aliphatic carboxylic acids is 1. The molecule has 35 heteroatoms. The van der Waals surface area contributed by atoms with Crippen molar-refractivity contribution in [3.8, 4) is 23.0 Å². The number of esters is 3. The largest absolute Gasteiger partial charge is 0.478 e. The van der Waals surface area contributed by atoms with Crippen molar-refractivity contribution in [1.29, 1.82) is 0 Å². The Bertz CT molecular complexity index is 4270. The van der Waals surface area contributed by atoms with Gasteiger partial charge in [-0.25, -0.2) is 19.2 Å². The number of rotatable bonds is 35. The summed E-state index contributed by atoms with van der Waals surface area (Å²) in [5.41, 5.74) is -0.979. The van der Waals surface area contributed by atoms with Gasteiger partial charge < -0.3 is 63.2 Å². The first-order chi connectivity index (χ1) is 53.8. The average molecular weight is 1900 g/mol. The van der Waals surface area contributed by atoms with E-state index >= 15 is 0 Å². The van der Waals surface area contributed by atoms with Gasteiger partial charge >= 0.3 is 23.9 Å². The predicted molar refractivity (Wildman–Crippen MR) is 433 cm³/mol. The maximum absolute atomic E-state index is 12.5. The second-order valence-corrected chi connectivity index (χ2v) is 28.6. The Hall–Kier alpha value is -9.86. The molecule has 8 rings (SSSR count). The van der Waals surface area contributed by atoms with Crippen LogP contribution in [-0.2, 0) is 65.4 Å². The van der Waals surface area contributed by atoms with E-state index in [0.29, 0.717) is 101 Å². The Morgan fingerprint density at radius 1 is 0.365 bits per heavy atom. The van der Waals surface area contributed by atoms with Gasteiger partial charge in [-0.1, -0.05) is 78.3 Å². The van der Waals surface area contributed by atoms with Crippen LogP contribution in [0.15, 0.2) is 199 Å². The SMILES string of the molecule is CC(C)(Oc1ccc(C(=O)c2ccc(Cl)cc2)cc1)C(=O)O.CC(C)(Oc1ccc(C(=O)c2ccc(Cl)cc2)cc1)C(=O)OCCCBr.CC(C)(Oc1ccc(C(=O)c2ccc(Cl)cc2)cc1)C(=O)OCCCO[N+](=O)[O-].CC(C)(Oc1ccc(C(=O)c2ccc(Cl)cc2)cc1)C(=O)OCCCO[N+](=O)[O-].O=N[O-].OCCCBr.[Ag]. The zero-order valence-corrected chi connectivity index (χ0v) is 70.8. The summed E-state index contributed by atoms with van der Waals surface area (Å²) in [7, 11) is 0. The summed E-state index contributed by atoms with van der Waals surface area (Å²) < 4.78 is 37.8. The Balaban J connectivity index is 0.000000504. The number of ketones is 4. The third-order valence-electron chi connectivity index (χ3n) is 14.6. The van der Waals surface area contributed by atoms with Gasteiger partial charge in [-0.2, -0.15) is 0 Å². The van der Waals surface area contributed by atoms with Gasteiger partial charge in [-0.3, -0.25) is 19.2 Å². The molecule has 2 N–H and O–H groups in total. The van der Waals surface area contributed by atoms with Gasteiger partial charge in [0.2, 0.25) is 0 Å². The van der Waals surface area contributed by atoms with E-state index in [-0.39, 0.29) is 84.8 Å². The molecule has 0 heterocycles. The molecule has 0 aromatic heterocycles. The molecule has 0 saturated carbocycles. The number of carbonyl (C=O) groups is 8. The van der Waals surface area contributed by atoms with E-state index in [0.717, 1.165) is 28.8 Å². The van der Waals surface area contributed by atoms with Gasteiger partial charge in [0.05, 0.1) is 33.0 Å². The Morgan fingerprint density at radius 3 is 0.730 bits per heavy atom. The van der Waals surface area contributed by atoms with Gasteiger partial charge in [0.1, 0.15) is 23.0 Å². The number of alkyl halides is 2. The van der Waals surface area contributed by atoms with Crippen LogP contribution in [0.2, 0.25) is 20.1 Å². The summed E-state index contributed by atoms with van der Waals surface area (Å²) in [5.74, 6) is -1.67. The minimum absolute atomic E-state index is 0. The van der Waals surface area contributed by atoms with Crippen molar-refractivity contribution in [3.05, 3.63) is 289 Å². The second kappa shape index (κ2) is 51.9. The summed E-state index contributed by atoms with van der Waals surface area (Å²) >= 11 is 29.7. The molecule has 0 atom stereocenters. The molecule has 8 aromatic carbocycles. The third kappa shape index (κ3) is 38.0. The van der Waals surface area contributed by atoms with Crippen molar-refractivity contribution in [3.63, 3.8) is 0 Å². The summed E-state index contributed by atoms with van der Waals surface area (Å²) in [4.78, 5) is 133. The molecular weight excluding hydrogens is 1810 g/mol. The molecule has 0 amide bonds. The van der Waals surface area contributed by atoms with Crippen molar-refractivity contribution >= 4 is 125 Å². The number of hydrogen-bond donors (Lipinski definition) is 2. The van der Waals surface area contributed by atoms with E-state index < -0.39 is 56.5 Å². The van der Waals surface area contributed by atoms with Crippen LogP contribution in [0.25, 0.3) is 0 Å². The monoisotopic (exact) mass is 1890 g/mol. The molecule has 8 aromatic rings. The van der Waals surface area contributed by atoms with E-state index in [4.69, 9.17) is 99.9 Å². The third-order valence-corrected chi connectivity index (χ3v) is 16.7. The van der Waals surface area contributed by atoms with Crippen molar-refractivity contribution in [2.45, 2.75) is 103 Å². The van der Waals surface area contributed by atoms with Gasteiger partial charge in [-0.15, -0.1) is 25.6 Å². The van der Waals surface area contributed by atoms with Crippen LogP contribution in [-0.4, -0.2) is 140 Å². The smallest absolute Gasteiger partial charge is 0.349 e. The van der Waals surface area contributed by atoms with Gasteiger partial charge in [-0.05, 0) is 262 Å². The molecule has 0 aliphatic rings. The maximum Gasteiger partial charge on any atom is 0.349 e. The molecule has 0 aliphatic carbocycles. The number of aliphatic hydroxyl groups is 1. The van der Waals surface area contributed by atoms with E-state index in [1.165, 1.54) is 41.5 Å². The molecule has 0 saturated heterocycles. The Labute approximate surface area is 715 Å². The number of carboxylic acid groups (broad SMARTS) is 1. The summed E-state index contributed by atoms with van der Waals surface area (Å²) in [6, 6.07) is 52.2. The normalized spacial score (nSPS) is 10.6. The van der Waals surface area contributed by atoms with Crippen molar-refractivity contribution in [1.82, 2.24) is 0 Å². The van der Waals surface area contributed by atoms with Crippen LogP contribution in [0.3, 0.4) is 0 Å². The van der Waals surface area contributed by atoms with Crippen molar-refractivity contribution in [2.24, 2.45) is 5.34 Å². The van der Waals surface area contributed by atoms with Crippen LogP contribution < -0.4 is 18.9 Å². The quantitative estimate of drug-likeness (QED) is 0.00429. The second-order valence-electron chi connectivity index (χ2n) is 25.3. The van der Waals surface area contributed by atoms with Crippen LogP contribution >= 0.6 is 78.3 Å². The first kappa shape index (κ1) is 101. The molecule has 1 radical (unpaired) electrons. The Morgan fingerprint density at radius 2 is 0.557 bits per heavy atom. The van der Waals surface area contributed by atoms with E-state index in [2.05, 4.69) is 41.5 Å². The zero-order chi connectivity index (χ0) is 85.2. The number of halogens is 6. The Kier molecular flexibility index (Phi) is 45.7. The standard InChI is InChI=1S/C20H20BrClO4.2C20H20ClNO7.C17H15ClO4.C3H7BrO.Ag.HNO2/c1-20(2,19(24)25-13-3-12-21)26-17-10-6-15(7-11-17)18(23)14-4-8-16(22)9-5-14;2*1-20(2,19(24)27-12-3-13-28-22(25)26)29-17-10-6-15(7-11-17)18(23)14-4-8-16(21)9-5-14;1-17(2,16(20)21)22-14-9-5-12(6-10-14)15(19)11-3-7-13(18)8-4-11;4-2-1-3-5;;2-1-3/h4-11H,3,12-13H2,1-2H3;2*4-11H,3,12-13H2,1-2H3;3-10H,1-2H3,(H,20,21);5H,1-3H2;;(H,2,3)/p-1. The van der Waals surface area contributed by atoms with Gasteiger partial charge in [0.15, 0.2) is 45.5 Å². The molecule has 0 fully saturated rings. The molecule has 0 unspecified atom stereocenters. The minimum atomic E-state index is -1.33. The average Bonchev–Trinajstić information content (AvgIpc) is 0.844. The van der Waals surface area contributed by atoms with E-state index in [1.54, 1.807) is 208 Å². The van der Waals surface area contributed by atoms with Crippen LogP contribution in [0, 0.1) is 30.3 Å². The summed E-state index contributed by atoms with van der Waals surface area (Å²) in [6.45, 7) is 12.6. The predicted octanol–water partition coefficient (Wildman–Crippen LogP) is 17.6. The number of carbonyl (C=O) groups excluding carboxylic acids is 7.